The number of nitrogens with one attached hydrogen (secondary N) is 1. The second-order valence-electron chi connectivity index (χ2n) is 5.86. The van der Waals surface area contributed by atoms with Crippen molar-refractivity contribution in [2.75, 3.05) is 0 Å². The number of aromatic nitrogens is 5. The third-order valence-electron chi connectivity index (χ3n) is 4.04. The molecule has 0 radical (unpaired) electrons. The van der Waals surface area contributed by atoms with Crippen LogP contribution in [0.25, 0.3) is 32.5 Å². The smallest absolute Gasteiger partial charge is 0.232 e. The Labute approximate surface area is 164 Å². The highest BCUT2D eigenvalue weighted by atomic mass is 35.5. The average molecular weight is 402 g/mol. The first-order chi connectivity index (χ1) is 12.5. The van der Waals surface area contributed by atoms with Gasteiger partial charge in [-0.05, 0) is 47.9 Å². The van der Waals surface area contributed by atoms with E-state index >= 15 is 0 Å². The summed E-state index contributed by atoms with van der Waals surface area (Å²) in [5.41, 5.74) is 4.77. The molecule has 0 bridgehead atoms. The Bertz CT molecular complexity index is 1020. The number of nitrogens with zero attached hydrogens (tertiary/aromatic N) is 4. The number of aromatic amines is 1. The summed E-state index contributed by atoms with van der Waals surface area (Å²) in [6.45, 7) is 3.95. The highest BCUT2D eigenvalue weighted by molar-refractivity contribution is 7.18. The number of hydrogen-bond donors (Lipinski definition) is 1. The highest BCUT2D eigenvalue weighted by Crippen LogP contribution is 2.41. The van der Waals surface area contributed by atoms with E-state index in [0.717, 1.165) is 32.8 Å². The van der Waals surface area contributed by atoms with Crippen molar-refractivity contribution in [2.45, 2.75) is 13.8 Å². The van der Waals surface area contributed by atoms with Crippen molar-refractivity contribution < 1.29 is 0 Å². The van der Waals surface area contributed by atoms with Gasteiger partial charge in [0.2, 0.25) is 5.82 Å². The van der Waals surface area contributed by atoms with E-state index in [1.165, 1.54) is 11.3 Å². The van der Waals surface area contributed by atoms with Crippen molar-refractivity contribution in [3.63, 3.8) is 0 Å². The van der Waals surface area contributed by atoms with Gasteiger partial charge in [-0.25, -0.2) is 4.98 Å². The second kappa shape index (κ2) is 6.79. The zero-order chi connectivity index (χ0) is 18.3. The standard InChI is InChI=1S/C18H13Cl2N5S/c1-9-3-5-11(7-13(9)19)15-16(12-6-4-10(2)14(20)8-12)26-18(21-15)17-22-24-25-23-17/h3-8H,1-2H3,(H,22,23,24,25). The molecule has 0 aliphatic rings. The molecule has 4 aromatic rings. The molecule has 130 valence electrons. The number of benzene rings is 2. The summed E-state index contributed by atoms with van der Waals surface area (Å²) in [7, 11) is 0. The van der Waals surface area contributed by atoms with Gasteiger partial charge in [-0.15, -0.1) is 21.5 Å². The van der Waals surface area contributed by atoms with E-state index in [2.05, 4.69) is 20.6 Å². The zero-order valence-electron chi connectivity index (χ0n) is 13.9. The fourth-order valence-corrected chi connectivity index (χ4v) is 3.91. The fraction of sp³-hybridized carbons (Fsp3) is 0.111. The summed E-state index contributed by atoms with van der Waals surface area (Å²) < 4.78 is 0. The van der Waals surface area contributed by atoms with Gasteiger partial charge in [0, 0.05) is 15.6 Å². The molecule has 0 saturated carbocycles. The molecule has 0 aliphatic carbocycles. The summed E-state index contributed by atoms with van der Waals surface area (Å²) >= 11 is 14.2. The first-order valence-electron chi connectivity index (χ1n) is 7.80. The maximum Gasteiger partial charge on any atom is 0.233 e. The van der Waals surface area contributed by atoms with E-state index in [1.54, 1.807) is 0 Å². The molecule has 0 saturated heterocycles. The molecule has 8 heteroatoms. The Morgan fingerprint density at radius 1 is 0.923 bits per heavy atom. The van der Waals surface area contributed by atoms with Gasteiger partial charge in [-0.3, -0.25) is 0 Å². The van der Waals surface area contributed by atoms with Crippen molar-refractivity contribution in [1.82, 2.24) is 25.6 Å². The molecular formula is C18H13Cl2N5S. The molecule has 2 heterocycles. The second-order valence-corrected chi connectivity index (χ2v) is 7.67. The molecule has 0 amide bonds. The normalized spacial score (nSPS) is 11.1. The number of thiazole rings is 1. The van der Waals surface area contributed by atoms with Gasteiger partial charge in [-0.1, -0.05) is 47.5 Å². The molecule has 0 fully saturated rings. The van der Waals surface area contributed by atoms with E-state index < -0.39 is 0 Å². The summed E-state index contributed by atoms with van der Waals surface area (Å²) in [6.07, 6.45) is 0. The molecule has 0 spiro atoms. The highest BCUT2D eigenvalue weighted by Gasteiger charge is 2.19. The van der Waals surface area contributed by atoms with Gasteiger partial charge in [-0.2, -0.15) is 5.21 Å². The van der Waals surface area contributed by atoms with Crippen LogP contribution in [0.5, 0.6) is 0 Å². The fourth-order valence-electron chi connectivity index (χ4n) is 2.53. The average Bonchev–Trinajstić information content (AvgIpc) is 3.29. The van der Waals surface area contributed by atoms with Crippen molar-refractivity contribution in [3.8, 4) is 32.5 Å². The first-order valence-corrected chi connectivity index (χ1v) is 9.38. The molecule has 2 aromatic heterocycles. The summed E-state index contributed by atoms with van der Waals surface area (Å²) in [5.74, 6) is 0.457. The van der Waals surface area contributed by atoms with Gasteiger partial charge >= 0.3 is 0 Å². The number of tetrazole rings is 1. The van der Waals surface area contributed by atoms with Crippen LogP contribution < -0.4 is 0 Å². The van der Waals surface area contributed by atoms with Crippen LogP contribution >= 0.6 is 34.5 Å². The number of aryl methyl sites for hydroxylation is 2. The van der Waals surface area contributed by atoms with Crippen LogP contribution in [0.2, 0.25) is 10.0 Å². The van der Waals surface area contributed by atoms with E-state index in [4.69, 9.17) is 28.2 Å². The summed E-state index contributed by atoms with van der Waals surface area (Å²) in [6, 6.07) is 11.9. The van der Waals surface area contributed by atoms with Crippen molar-refractivity contribution in [2.24, 2.45) is 0 Å². The van der Waals surface area contributed by atoms with Crippen molar-refractivity contribution in [3.05, 3.63) is 57.6 Å². The minimum atomic E-state index is 0.457. The van der Waals surface area contributed by atoms with Crippen LogP contribution in [0.15, 0.2) is 36.4 Å². The van der Waals surface area contributed by atoms with Gasteiger partial charge in [0.05, 0.1) is 10.6 Å². The van der Waals surface area contributed by atoms with Crippen LogP contribution in [-0.2, 0) is 0 Å². The lowest BCUT2D eigenvalue weighted by molar-refractivity contribution is 0.881. The largest absolute Gasteiger partial charge is 0.233 e. The van der Waals surface area contributed by atoms with Crippen molar-refractivity contribution >= 4 is 34.5 Å². The minimum absolute atomic E-state index is 0.457. The van der Waals surface area contributed by atoms with Crippen LogP contribution in [0, 0.1) is 13.8 Å². The molecule has 2 aromatic carbocycles. The molecule has 0 aliphatic heterocycles. The first kappa shape index (κ1) is 17.1. The molecule has 26 heavy (non-hydrogen) atoms. The quantitative estimate of drug-likeness (QED) is 0.486. The lowest BCUT2D eigenvalue weighted by Gasteiger charge is -2.06. The maximum atomic E-state index is 6.34. The topological polar surface area (TPSA) is 67.3 Å². The van der Waals surface area contributed by atoms with E-state index in [1.807, 2.05) is 50.2 Å². The van der Waals surface area contributed by atoms with Crippen LogP contribution in [-0.4, -0.2) is 25.6 Å². The van der Waals surface area contributed by atoms with E-state index in [-0.39, 0.29) is 0 Å². The Morgan fingerprint density at radius 3 is 2.19 bits per heavy atom. The van der Waals surface area contributed by atoms with Gasteiger partial charge < -0.3 is 0 Å². The van der Waals surface area contributed by atoms with Gasteiger partial charge in [0.25, 0.3) is 0 Å². The Balaban J connectivity index is 1.93. The SMILES string of the molecule is Cc1ccc(-c2nc(-c3nn[nH]n3)sc2-c2ccc(C)c(Cl)c2)cc1Cl. The molecular weight excluding hydrogens is 389 g/mol. The molecule has 0 unspecified atom stereocenters. The van der Waals surface area contributed by atoms with Crippen LogP contribution in [0.1, 0.15) is 11.1 Å². The third-order valence-corrected chi connectivity index (χ3v) is 5.96. The summed E-state index contributed by atoms with van der Waals surface area (Å²) in [4.78, 5) is 5.73. The van der Waals surface area contributed by atoms with Crippen molar-refractivity contribution in [1.29, 1.82) is 0 Å². The Kier molecular flexibility index (Phi) is 4.48. The lowest BCUT2D eigenvalue weighted by Crippen LogP contribution is -1.86. The van der Waals surface area contributed by atoms with E-state index in [0.29, 0.717) is 20.9 Å². The number of rotatable bonds is 3. The Morgan fingerprint density at radius 2 is 1.58 bits per heavy atom. The molecule has 4 rings (SSSR count). The van der Waals surface area contributed by atoms with Crippen LogP contribution in [0.3, 0.4) is 0 Å². The number of halogens is 2. The number of H-pyrrole nitrogens is 1. The molecule has 1 N–H and O–H groups in total. The summed E-state index contributed by atoms with van der Waals surface area (Å²) in [5, 5.41) is 16.3. The zero-order valence-corrected chi connectivity index (χ0v) is 16.2. The van der Waals surface area contributed by atoms with Gasteiger partial charge in [0.15, 0.2) is 5.01 Å². The van der Waals surface area contributed by atoms with Gasteiger partial charge in [0.1, 0.15) is 0 Å². The Hall–Kier alpha value is -2.28. The minimum Gasteiger partial charge on any atom is -0.232 e. The van der Waals surface area contributed by atoms with E-state index in [9.17, 15) is 0 Å². The molecule has 0 atom stereocenters. The predicted octanol–water partition coefficient (Wildman–Crippen LogP) is 5.58. The monoisotopic (exact) mass is 401 g/mol. The third kappa shape index (κ3) is 3.11. The lowest BCUT2D eigenvalue weighted by atomic mass is 10.0. The predicted molar refractivity (Wildman–Crippen MR) is 106 cm³/mol. The number of hydrogen-bond acceptors (Lipinski definition) is 5. The maximum absolute atomic E-state index is 6.34. The van der Waals surface area contributed by atoms with Crippen LogP contribution in [0.4, 0.5) is 0 Å². The molecule has 5 nitrogen and oxygen atoms in total.